The molecule has 2 N–H and O–H groups in total. The highest BCUT2D eigenvalue weighted by atomic mass is 16.6. The molecule has 8 nitrogen and oxygen atoms in total. The zero-order valence-corrected chi connectivity index (χ0v) is 23.8. The Hall–Kier alpha value is -2.55. The van der Waals surface area contributed by atoms with Crippen LogP contribution in [0.25, 0.3) is 0 Å². The van der Waals surface area contributed by atoms with E-state index in [0.717, 1.165) is 0 Å². The van der Waals surface area contributed by atoms with E-state index in [1.807, 2.05) is 34.6 Å². The van der Waals surface area contributed by atoms with Gasteiger partial charge in [0.1, 0.15) is 23.6 Å². The van der Waals surface area contributed by atoms with Crippen molar-refractivity contribution in [2.75, 3.05) is 6.61 Å². The first-order chi connectivity index (χ1) is 18.1. The van der Waals surface area contributed by atoms with Crippen molar-refractivity contribution < 1.29 is 38.8 Å². The fraction of sp³-hybridized carbons (Fsp3) is 0.645. The Morgan fingerprint density at radius 1 is 1.10 bits per heavy atom. The van der Waals surface area contributed by atoms with Gasteiger partial charge in [0.25, 0.3) is 0 Å². The summed E-state index contributed by atoms with van der Waals surface area (Å²) in [6, 6.07) is 8.47. The van der Waals surface area contributed by atoms with Crippen LogP contribution in [-0.4, -0.2) is 64.1 Å². The predicted molar refractivity (Wildman–Crippen MR) is 141 cm³/mol. The summed E-state index contributed by atoms with van der Waals surface area (Å²) in [5.74, 6) is -3.08. The minimum absolute atomic E-state index is 0.0199. The Labute approximate surface area is 229 Å². The minimum atomic E-state index is -1.79. The first-order valence-corrected chi connectivity index (χ1v) is 13.9. The second-order valence-electron chi connectivity index (χ2n) is 12.9. The SMILES string of the molecule is CC(=O)O[C@@]12CO[C@@H]1C[C@H](C)[C@@]1(C)C(=O)[C@H](C)C3=C(C)[C@@H](O)C[C@@](O)(C(OC(=O)c4ccccc4)C12)C3(C)C. The molecule has 2 saturated carbocycles. The molecule has 4 aliphatic rings. The van der Waals surface area contributed by atoms with Crippen molar-refractivity contribution in [3.05, 3.63) is 47.0 Å². The second-order valence-corrected chi connectivity index (χ2v) is 12.9. The summed E-state index contributed by atoms with van der Waals surface area (Å²) in [5, 5.41) is 24.1. The van der Waals surface area contributed by atoms with Crippen LogP contribution in [0, 0.1) is 28.6 Å². The number of ether oxygens (including phenoxy) is 3. The first kappa shape index (κ1) is 28.0. The molecule has 8 heteroatoms. The monoisotopic (exact) mass is 540 g/mol. The van der Waals surface area contributed by atoms with Crippen LogP contribution in [0.1, 0.15) is 71.7 Å². The van der Waals surface area contributed by atoms with Crippen molar-refractivity contribution in [2.45, 2.75) is 90.8 Å². The van der Waals surface area contributed by atoms with E-state index in [-0.39, 0.29) is 30.3 Å². The topological polar surface area (TPSA) is 119 Å². The van der Waals surface area contributed by atoms with Crippen LogP contribution >= 0.6 is 0 Å². The zero-order chi connectivity index (χ0) is 28.7. The number of hydrogen-bond donors (Lipinski definition) is 2. The van der Waals surface area contributed by atoms with Gasteiger partial charge in [-0.05, 0) is 42.5 Å². The number of carbonyl (C=O) groups excluding carboxylic acids is 3. The van der Waals surface area contributed by atoms with Crippen LogP contribution in [0.3, 0.4) is 0 Å². The summed E-state index contributed by atoms with van der Waals surface area (Å²) < 4.78 is 18.3. The van der Waals surface area contributed by atoms with Crippen molar-refractivity contribution in [3.63, 3.8) is 0 Å². The number of aliphatic hydroxyl groups excluding tert-OH is 1. The standard InChI is InChI=1S/C31H40O8/c1-16-13-22-30(15-37-22,39-19(4)32)24-26(38-27(35)20-11-9-8-10-12-20)31(36)14-21(33)17(2)23(28(31,5)6)18(3)25(34)29(16,24)7/h8-12,16,18,21-22,24,26,33,36H,13-15H2,1-7H3/t16-,18+,21-,22+,24?,26?,29+,30-,31+/m0/s1. The fourth-order valence-corrected chi connectivity index (χ4v) is 8.46. The highest BCUT2D eigenvalue weighted by molar-refractivity contribution is 5.92. The normalized spacial score (nSPS) is 42.7. The highest BCUT2D eigenvalue weighted by Crippen LogP contribution is 2.66. The molecule has 0 amide bonds. The molecule has 1 aromatic rings. The summed E-state index contributed by atoms with van der Waals surface area (Å²) in [5.41, 5.74) is -3.68. The maximum Gasteiger partial charge on any atom is 0.338 e. The Morgan fingerprint density at radius 3 is 2.31 bits per heavy atom. The summed E-state index contributed by atoms with van der Waals surface area (Å²) in [6.45, 7) is 12.5. The maximum atomic E-state index is 14.7. The lowest BCUT2D eigenvalue weighted by Crippen LogP contribution is -2.80. The van der Waals surface area contributed by atoms with Crippen LogP contribution in [0.2, 0.25) is 0 Å². The molecular weight excluding hydrogens is 500 g/mol. The van der Waals surface area contributed by atoms with Gasteiger partial charge in [0.2, 0.25) is 0 Å². The zero-order valence-electron chi connectivity index (χ0n) is 23.8. The first-order valence-electron chi connectivity index (χ1n) is 13.9. The molecular formula is C31H40O8. The predicted octanol–water partition coefficient (Wildman–Crippen LogP) is 3.63. The molecule has 0 spiro atoms. The van der Waals surface area contributed by atoms with E-state index in [2.05, 4.69) is 0 Å². The van der Waals surface area contributed by atoms with E-state index in [1.54, 1.807) is 37.3 Å². The number of aliphatic hydroxyl groups is 2. The van der Waals surface area contributed by atoms with E-state index in [1.165, 1.54) is 6.92 Å². The molecule has 3 aliphatic carbocycles. The Kier molecular flexibility index (Phi) is 6.45. The molecule has 0 radical (unpaired) electrons. The molecule has 5 rings (SSSR count). The number of ketones is 1. The van der Waals surface area contributed by atoms with Gasteiger partial charge in [0, 0.05) is 30.1 Å². The number of esters is 2. The van der Waals surface area contributed by atoms with Gasteiger partial charge in [-0.15, -0.1) is 0 Å². The summed E-state index contributed by atoms with van der Waals surface area (Å²) >= 11 is 0. The van der Waals surface area contributed by atoms with Gasteiger partial charge >= 0.3 is 11.9 Å². The lowest BCUT2D eigenvalue weighted by atomic mass is 9.42. The van der Waals surface area contributed by atoms with E-state index in [9.17, 15) is 24.6 Å². The van der Waals surface area contributed by atoms with Crippen molar-refractivity contribution >= 4 is 17.7 Å². The largest absolute Gasteiger partial charge is 0.455 e. The van der Waals surface area contributed by atoms with Crippen LogP contribution < -0.4 is 0 Å². The molecule has 39 heavy (non-hydrogen) atoms. The van der Waals surface area contributed by atoms with Gasteiger partial charge < -0.3 is 24.4 Å². The average molecular weight is 541 g/mol. The van der Waals surface area contributed by atoms with E-state index < -0.39 is 64.1 Å². The molecule has 212 valence electrons. The van der Waals surface area contributed by atoms with E-state index >= 15 is 0 Å². The lowest BCUT2D eigenvalue weighted by Gasteiger charge is -2.68. The van der Waals surface area contributed by atoms with Crippen LogP contribution in [0.4, 0.5) is 0 Å². The molecule has 2 bridgehead atoms. The number of carbonyl (C=O) groups is 3. The third kappa shape index (κ3) is 3.64. The molecule has 1 heterocycles. The van der Waals surface area contributed by atoms with Crippen LogP contribution in [-0.2, 0) is 23.8 Å². The van der Waals surface area contributed by atoms with Gasteiger partial charge in [0.15, 0.2) is 5.60 Å². The molecule has 2 unspecified atom stereocenters. The van der Waals surface area contributed by atoms with Gasteiger partial charge in [-0.3, -0.25) is 9.59 Å². The average Bonchev–Trinajstić information content (AvgIpc) is 2.87. The Bertz CT molecular complexity index is 1240. The van der Waals surface area contributed by atoms with Crippen molar-refractivity contribution in [1.29, 1.82) is 0 Å². The second kappa shape index (κ2) is 8.98. The molecule has 1 aromatic carbocycles. The summed E-state index contributed by atoms with van der Waals surface area (Å²) in [4.78, 5) is 40.9. The molecule has 0 aromatic heterocycles. The van der Waals surface area contributed by atoms with Gasteiger partial charge in [-0.1, -0.05) is 52.8 Å². The number of benzene rings is 1. The fourth-order valence-electron chi connectivity index (χ4n) is 8.46. The third-order valence-electron chi connectivity index (χ3n) is 10.7. The molecule has 1 aliphatic heterocycles. The molecule has 1 saturated heterocycles. The maximum absolute atomic E-state index is 14.7. The number of Topliss-reactive ketones (excluding diaryl/α,β-unsaturated/α-hetero) is 1. The van der Waals surface area contributed by atoms with Crippen molar-refractivity contribution in [1.82, 2.24) is 0 Å². The van der Waals surface area contributed by atoms with E-state index in [4.69, 9.17) is 14.2 Å². The molecule has 9 atom stereocenters. The highest BCUT2D eigenvalue weighted by Gasteiger charge is 2.76. The Morgan fingerprint density at radius 2 is 1.74 bits per heavy atom. The van der Waals surface area contributed by atoms with Gasteiger partial charge in [-0.25, -0.2) is 4.79 Å². The smallest absolute Gasteiger partial charge is 0.338 e. The third-order valence-corrected chi connectivity index (χ3v) is 10.7. The van der Waals surface area contributed by atoms with E-state index in [0.29, 0.717) is 17.6 Å². The lowest BCUT2D eigenvalue weighted by molar-refractivity contribution is -0.339. The van der Waals surface area contributed by atoms with Gasteiger partial charge in [0.05, 0.1) is 24.2 Å². The quantitative estimate of drug-likeness (QED) is 0.441. The van der Waals surface area contributed by atoms with Gasteiger partial charge in [-0.2, -0.15) is 0 Å². The van der Waals surface area contributed by atoms with Crippen molar-refractivity contribution in [3.8, 4) is 0 Å². The van der Waals surface area contributed by atoms with Crippen molar-refractivity contribution in [2.24, 2.45) is 28.6 Å². The number of fused-ring (bicyclic) bond motifs is 5. The summed E-state index contributed by atoms with van der Waals surface area (Å²) in [6.07, 6.45) is -2.50. The number of rotatable bonds is 3. The minimum Gasteiger partial charge on any atom is -0.455 e. The number of hydrogen-bond acceptors (Lipinski definition) is 8. The molecule has 3 fully saturated rings. The Balaban J connectivity index is 1.81. The summed E-state index contributed by atoms with van der Waals surface area (Å²) in [7, 11) is 0. The van der Waals surface area contributed by atoms with Crippen LogP contribution in [0.15, 0.2) is 41.5 Å². The van der Waals surface area contributed by atoms with Crippen LogP contribution in [0.5, 0.6) is 0 Å².